The normalized spacial score (nSPS) is 24.0. The zero-order chi connectivity index (χ0) is 6.85. The number of carbonyl (C=O) groups is 2. The molecule has 1 amide bonds. The molecule has 9 heavy (non-hydrogen) atoms. The van der Waals surface area contributed by atoms with Gasteiger partial charge in [-0.25, -0.2) is 4.79 Å². The third-order valence-corrected chi connectivity index (χ3v) is 1.00. The first-order valence-corrected chi connectivity index (χ1v) is 2.41. The Balaban J connectivity index is 2.60. The van der Waals surface area contributed by atoms with Crippen molar-refractivity contribution in [1.29, 1.82) is 0 Å². The zero-order valence-corrected chi connectivity index (χ0v) is 4.50. The summed E-state index contributed by atoms with van der Waals surface area (Å²) in [5.41, 5.74) is 0. The van der Waals surface area contributed by atoms with Crippen molar-refractivity contribution in [2.45, 2.75) is 6.04 Å². The van der Waals surface area contributed by atoms with Gasteiger partial charge in [0.1, 0.15) is 6.04 Å². The van der Waals surface area contributed by atoms with Crippen LogP contribution in [0.4, 0.5) is 0 Å². The lowest BCUT2D eigenvalue weighted by Crippen LogP contribution is -2.33. The Hall–Kier alpha value is -1.32. The molecule has 0 aromatic carbocycles. The molecule has 0 fully saturated rings. The number of nitrogens with one attached hydrogen (secondary N) is 1. The Morgan fingerprint density at radius 2 is 2.44 bits per heavy atom. The van der Waals surface area contributed by atoms with E-state index < -0.39 is 12.0 Å². The van der Waals surface area contributed by atoms with Crippen LogP contribution in [0, 0.1) is 0 Å². The van der Waals surface area contributed by atoms with E-state index in [-0.39, 0.29) is 5.91 Å². The Morgan fingerprint density at radius 3 is 2.67 bits per heavy atom. The van der Waals surface area contributed by atoms with Crippen LogP contribution in [0.15, 0.2) is 12.2 Å². The Morgan fingerprint density at radius 1 is 1.78 bits per heavy atom. The summed E-state index contributed by atoms with van der Waals surface area (Å²) in [5, 5.41) is 10.5. The minimum Gasteiger partial charge on any atom is -0.479 e. The molecule has 1 aliphatic rings. The number of aliphatic carboxylic acids is 1. The van der Waals surface area contributed by atoms with Crippen LogP contribution < -0.4 is 5.32 Å². The molecular formula is C5H5NO3. The van der Waals surface area contributed by atoms with Gasteiger partial charge >= 0.3 is 5.97 Å². The number of carbonyl (C=O) groups excluding carboxylic acids is 1. The zero-order valence-electron chi connectivity index (χ0n) is 4.50. The van der Waals surface area contributed by atoms with Crippen LogP contribution in [0.1, 0.15) is 0 Å². The van der Waals surface area contributed by atoms with E-state index >= 15 is 0 Å². The van der Waals surface area contributed by atoms with Gasteiger partial charge in [0.25, 0.3) is 0 Å². The molecule has 4 nitrogen and oxygen atoms in total. The lowest BCUT2D eigenvalue weighted by atomic mass is 10.3. The highest BCUT2D eigenvalue weighted by Gasteiger charge is 2.19. The monoisotopic (exact) mass is 127 g/mol. The lowest BCUT2D eigenvalue weighted by molar-refractivity contribution is -0.139. The number of rotatable bonds is 1. The van der Waals surface area contributed by atoms with E-state index in [4.69, 9.17) is 5.11 Å². The number of amides is 1. The summed E-state index contributed by atoms with van der Waals surface area (Å²) in [6, 6.07) is -0.822. The topological polar surface area (TPSA) is 66.4 Å². The van der Waals surface area contributed by atoms with Gasteiger partial charge in [0.05, 0.1) is 0 Å². The van der Waals surface area contributed by atoms with E-state index in [2.05, 4.69) is 5.32 Å². The first kappa shape index (κ1) is 5.81. The molecule has 1 heterocycles. The summed E-state index contributed by atoms with van der Waals surface area (Å²) in [6.45, 7) is 0. The molecule has 1 atom stereocenters. The van der Waals surface area contributed by atoms with E-state index in [1.807, 2.05) is 0 Å². The van der Waals surface area contributed by atoms with Gasteiger partial charge in [-0.2, -0.15) is 0 Å². The predicted molar refractivity (Wildman–Crippen MR) is 28.7 cm³/mol. The lowest BCUT2D eigenvalue weighted by Gasteiger charge is -1.99. The summed E-state index contributed by atoms with van der Waals surface area (Å²) in [7, 11) is 0. The molecule has 1 rings (SSSR count). The minimum absolute atomic E-state index is 0.345. The largest absolute Gasteiger partial charge is 0.479 e. The average molecular weight is 127 g/mol. The molecule has 0 bridgehead atoms. The van der Waals surface area contributed by atoms with Crippen molar-refractivity contribution in [3.63, 3.8) is 0 Å². The standard InChI is InChI=1S/C5H5NO3/c7-4-2-1-3(6-4)5(8)9/h1-3H,(H,6,7)(H,8,9)/t3-/m0/s1. The van der Waals surface area contributed by atoms with Crippen LogP contribution in [-0.4, -0.2) is 23.0 Å². The van der Waals surface area contributed by atoms with Crippen molar-refractivity contribution in [3.8, 4) is 0 Å². The Labute approximate surface area is 51.2 Å². The van der Waals surface area contributed by atoms with Crippen molar-refractivity contribution < 1.29 is 14.7 Å². The van der Waals surface area contributed by atoms with Gasteiger partial charge < -0.3 is 10.4 Å². The fourth-order valence-electron chi connectivity index (χ4n) is 0.577. The van der Waals surface area contributed by atoms with Crippen LogP contribution in [0.25, 0.3) is 0 Å². The third-order valence-electron chi connectivity index (χ3n) is 1.00. The highest BCUT2D eigenvalue weighted by atomic mass is 16.4. The van der Waals surface area contributed by atoms with Gasteiger partial charge in [-0.3, -0.25) is 4.79 Å². The first-order chi connectivity index (χ1) is 4.20. The van der Waals surface area contributed by atoms with Gasteiger partial charge in [0.2, 0.25) is 5.91 Å². The average Bonchev–Trinajstić information content (AvgIpc) is 2.14. The van der Waals surface area contributed by atoms with Crippen molar-refractivity contribution in [2.24, 2.45) is 0 Å². The van der Waals surface area contributed by atoms with Gasteiger partial charge in [-0.1, -0.05) is 0 Å². The van der Waals surface area contributed by atoms with E-state index in [0.29, 0.717) is 0 Å². The second kappa shape index (κ2) is 1.89. The molecule has 4 heteroatoms. The summed E-state index contributed by atoms with van der Waals surface area (Å²) < 4.78 is 0. The molecule has 1 aliphatic heterocycles. The van der Waals surface area contributed by atoms with Crippen LogP contribution in [-0.2, 0) is 9.59 Å². The van der Waals surface area contributed by atoms with Gasteiger partial charge in [0, 0.05) is 6.08 Å². The van der Waals surface area contributed by atoms with E-state index in [1.54, 1.807) is 0 Å². The molecular weight excluding hydrogens is 122 g/mol. The van der Waals surface area contributed by atoms with Crippen LogP contribution in [0.2, 0.25) is 0 Å². The maximum atomic E-state index is 10.3. The first-order valence-electron chi connectivity index (χ1n) is 2.41. The van der Waals surface area contributed by atoms with Crippen molar-refractivity contribution in [2.75, 3.05) is 0 Å². The molecule has 0 spiro atoms. The third kappa shape index (κ3) is 1.07. The Bertz CT molecular complexity index is 185. The molecule has 0 aromatic heterocycles. The number of hydrogen-bond donors (Lipinski definition) is 2. The van der Waals surface area contributed by atoms with Crippen molar-refractivity contribution in [1.82, 2.24) is 5.32 Å². The van der Waals surface area contributed by atoms with E-state index in [9.17, 15) is 9.59 Å². The predicted octanol–water partition coefficient (Wildman–Crippen LogP) is -0.874. The van der Waals surface area contributed by atoms with Gasteiger partial charge in [0.15, 0.2) is 0 Å². The summed E-state index contributed by atoms with van der Waals surface area (Å²) in [6.07, 6.45) is 2.52. The molecule has 0 radical (unpaired) electrons. The number of carboxylic acid groups (broad SMARTS) is 1. The summed E-state index contributed by atoms with van der Waals surface area (Å²) in [5.74, 6) is -1.38. The van der Waals surface area contributed by atoms with Crippen LogP contribution in [0.5, 0.6) is 0 Å². The minimum atomic E-state index is -1.03. The Kier molecular flexibility index (Phi) is 1.22. The van der Waals surface area contributed by atoms with E-state index in [0.717, 1.165) is 0 Å². The van der Waals surface area contributed by atoms with Crippen molar-refractivity contribution in [3.05, 3.63) is 12.2 Å². The molecule has 0 saturated heterocycles. The molecule has 48 valence electrons. The maximum absolute atomic E-state index is 10.3. The maximum Gasteiger partial charge on any atom is 0.330 e. The molecule has 2 N–H and O–H groups in total. The molecule has 0 aromatic rings. The number of carboxylic acids is 1. The quantitative estimate of drug-likeness (QED) is 0.481. The smallest absolute Gasteiger partial charge is 0.330 e. The van der Waals surface area contributed by atoms with Crippen molar-refractivity contribution >= 4 is 11.9 Å². The second-order valence-electron chi connectivity index (χ2n) is 1.68. The SMILES string of the molecule is O=C1C=C[C@@H](C(=O)O)N1. The fraction of sp³-hybridized carbons (Fsp3) is 0.200. The summed E-state index contributed by atoms with van der Waals surface area (Å²) in [4.78, 5) is 20.4. The highest BCUT2D eigenvalue weighted by molar-refractivity contribution is 5.96. The molecule has 0 aliphatic carbocycles. The molecule has 0 saturated carbocycles. The second-order valence-corrected chi connectivity index (χ2v) is 1.68. The summed E-state index contributed by atoms with van der Waals surface area (Å²) >= 11 is 0. The fourth-order valence-corrected chi connectivity index (χ4v) is 0.577. The molecule has 0 unspecified atom stereocenters. The van der Waals surface area contributed by atoms with E-state index in [1.165, 1.54) is 12.2 Å². The number of hydrogen-bond acceptors (Lipinski definition) is 2. The van der Waals surface area contributed by atoms with Crippen LogP contribution in [0.3, 0.4) is 0 Å². The van der Waals surface area contributed by atoms with Gasteiger partial charge in [-0.05, 0) is 6.08 Å². The highest BCUT2D eigenvalue weighted by Crippen LogP contribution is 1.94. The van der Waals surface area contributed by atoms with Crippen LogP contribution >= 0.6 is 0 Å². The van der Waals surface area contributed by atoms with Gasteiger partial charge in [-0.15, -0.1) is 0 Å².